The molecule has 0 bridgehead atoms. The Morgan fingerprint density at radius 3 is 2.79 bits per heavy atom. The molecule has 1 rings (SSSR count). The predicted octanol–water partition coefficient (Wildman–Crippen LogP) is 2.37. The summed E-state index contributed by atoms with van der Waals surface area (Å²) in [4.78, 5) is 0. The van der Waals surface area contributed by atoms with Crippen molar-refractivity contribution in [2.45, 2.75) is 11.1 Å². The highest BCUT2D eigenvalue weighted by Gasteiger charge is 2.18. The van der Waals surface area contributed by atoms with Crippen LogP contribution in [0.4, 0.5) is 0 Å². The molecule has 1 aromatic heterocycles. The van der Waals surface area contributed by atoms with Gasteiger partial charge in [0.2, 0.25) is 0 Å². The van der Waals surface area contributed by atoms with Gasteiger partial charge in [-0.15, -0.1) is 11.3 Å². The molecule has 0 spiro atoms. The van der Waals surface area contributed by atoms with E-state index in [0.29, 0.717) is 8.68 Å². The Balaban J connectivity index is 2.87. The molecule has 0 radical (unpaired) electrons. The van der Waals surface area contributed by atoms with Crippen LogP contribution >= 0.6 is 27.3 Å². The Hall–Kier alpha value is -0.170. The fraction of sp³-hybridized carbons (Fsp3) is 0.250. The van der Waals surface area contributed by atoms with E-state index in [1.807, 2.05) is 0 Å². The van der Waals surface area contributed by atoms with Crippen molar-refractivity contribution in [3.63, 3.8) is 0 Å². The molecule has 0 saturated carbocycles. The van der Waals surface area contributed by atoms with E-state index in [-0.39, 0.29) is 6.54 Å². The monoisotopic (exact) mass is 295 g/mol. The lowest BCUT2D eigenvalue weighted by Crippen LogP contribution is -2.24. The van der Waals surface area contributed by atoms with Crippen molar-refractivity contribution < 1.29 is 8.42 Å². The molecule has 1 N–H and O–H groups in total. The molecule has 3 nitrogen and oxygen atoms in total. The summed E-state index contributed by atoms with van der Waals surface area (Å²) in [5.74, 6) is 0. The summed E-state index contributed by atoms with van der Waals surface area (Å²) in [6, 6.07) is 1.71. The molecule has 0 aromatic carbocycles. The van der Waals surface area contributed by atoms with Crippen LogP contribution in [0.2, 0.25) is 0 Å². The second-order valence-electron chi connectivity index (χ2n) is 2.84. The van der Waals surface area contributed by atoms with Gasteiger partial charge in [-0.2, -0.15) is 0 Å². The summed E-state index contributed by atoms with van der Waals surface area (Å²) in [6.07, 6.45) is 0. The molecular weight excluding hydrogens is 286 g/mol. The summed E-state index contributed by atoms with van der Waals surface area (Å²) in [6.45, 7) is 5.67. The lowest BCUT2D eigenvalue weighted by atomic mass is 10.4. The van der Waals surface area contributed by atoms with E-state index in [1.165, 1.54) is 11.3 Å². The van der Waals surface area contributed by atoms with Gasteiger partial charge in [0, 0.05) is 11.0 Å². The van der Waals surface area contributed by atoms with Crippen molar-refractivity contribution in [3.8, 4) is 0 Å². The molecule has 14 heavy (non-hydrogen) atoms. The fourth-order valence-electron chi connectivity index (χ4n) is 0.755. The Labute approximate surface area is 96.0 Å². The third-order valence-electron chi connectivity index (χ3n) is 1.39. The standard InChI is InChI=1S/C8H10BrNO2S2/c1-6(2)5-10-14(11,12)8-7(9)3-4-13-8/h3-4,10H,1,5H2,2H3. The first kappa shape index (κ1) is 11.9. The van der Waals surface area contributed by atoms with Crippen molar-refractivity contribution >= 4 is 37.3 Å². The van der Waals surface area contributed by atoms with E-state index >= 15 is 0 Å². The predicted molar refractivity (Wildman–Crippen MR) is 62.0 cm³/mol. The quantitative estimate of drug-likeness (QED) is 0.867. The summed E-state index contributed by atoms with van der Waals surface area (Å²) >= 11 is 4.36. The molecule has 0 aliphatic heterocycles. The minimum absolute atomic E-state index is 0.271. The molecule has 6 heteroatoms. The highest BCUT2D eigenvalue weighted by atomic mass is 79.9. The molecule has 0 aliphatic rings. The Morgan fingerprint density at radius 2 is 2.36 bits per heavy atom. The van der Waals surface area contributed by atoms with Crippen LogP contribution in [0.5, 0.6) is 0 Å². The fourth-order valence-corrected chi connectivity index (χ4v) is 4.23. The van der Waals surface area contributed by atoms with E-state index < -0.39 is 10.0 Å². The second kappa shape index (κ2) is 4.57. The number of hydrogen-bond acceptors (Lipinski definition) is 3. The number of rotatable bonds is 4. The maximum absolute atomic E-state index is 11.6. The van der Waals surface area contributed by atoms with Gasteiger partial charge in [0.25, 0.3) is 10.0 Å². The van der Waals surface area contributed by atoms with Crippen molar-refractivity contribution in [3.05, 3.63) is 28.1 Å². The minimum atomic E-state index is -3.38. The normalized spacial score (nSPS) is 11.6. The van der Waals surface area contributed by atoms with Gasteiger partial charge in [-0.1, -0.05) is 12.2 Å². The molecule has 0 atom stereocenters. The first-order valence-electron chi connectivity index (χ1n) is 3.80. The van der Waals surface area contributed by atoms with E-state index in [9.17, 15) is 8.42 Å². The molecule has 0 saturated heterocycles. The van der Waals surface area contributed by atoms with Gasteiger partial charge in [0.05, 0.1) is 0 Å². The molecule has 0 aliphatic carbocycles. The average Bonchev–Trinajstić information content (AvgIpc) is 2.48. The molecule has 1 aromatic rings. The first-order chi connectivity index (χ1) is 6.43. The highest BCUT2D eigenvalue weighted by molar-refractivity contribution is 9.10. The number of sulfonamides is 1. The van der Waals surface area contributed by atoms with E-state index in [2.05, 4.69) is 27.2 Å². The van der Waals surface area contributed by atoms with Gasteiger partial charge >= 0.3 is 0 Å². The molecule has 1 heterocycles. The zero-order valence-electron chi connectivity index (χ0n) is 7.58. The molecule has 78 valence electrons. The lowest BCUT2D eigenvalue weighted by Gasteiger charge is -2.04. The van der Waals surface area contributed by atoms with Crippen LogP contribution in [0.15, 0.2) is 32.3 Å². The SMILES string of the molecule is C=C(C)CNS(=O)(=O)c1sccc1Br. The third-order valence-corrected chi connectivity index (χ3v) is 5.46. The van der Waals surface area contributed by atoms with Crippen LogP contribution in [0.1, 0.15) is 6.92 Å². The van der Waals surface area contributed by atoms with E-state index in [4.69, 9.17) is 0 Å². The van der Waals surface area contributed by atoms with Gasteiger partial charge in [0.15, 0.2) is 0 Å². The van der Waals surface area contributed by atoms with Gasteiger partial charge in [-0.25, -0.2) is 13.1 Å². The second-order valence-corrected chi connectivity index (χ2v) is 6.57. The largest absolute Gasteiger partial charge is 0.251 e. The zero-order chi connectivity index (χ0) is 10.8. The van der Waals surface area contributed by atoms with Gasteiger partial charge in [-0.05, 0) is 34.3 Å². The van der Waals surface area contributed by atoms with Gasteiger partial charge in [-0.3, -0.25) is 0 Å². The maximum atomic E-state index is 11.6. The Morgan fingerprint density at radius 1 is 1.71 bits per heavy atom. The van der Waals surface area contributed by atoms with Crippen LogP contribution in [0.25, 0.3) is 0 Å². The Bertz CT molecular complexity index is 436. The third kappa shape index (κ3) is 2.91. The number of halogens is 1. The molecule has 0 unspecified atom stereocenters. The van der Waals surface area contributed by atoms with Crippen molar-refractivity contribution in [1.29, 1.82) is 0 Å². The maximum Gasteiger partial charge on any atom is 0.251 e. The van der Waals surface area contributed by atoms with E-state index in [1.54, 1.807) is 18.4 Å². The van der Waals surface area contributed by atoms with Crippen molar-refractivity contribution in [2.75, 3.05) is 6.54 Å². The van der Waals surface area contributed by atoms with Crippen LogP contribution in [-0.4, -0.2) is 15.0 Å². The summed E-state index contributed by atoms with van der Waals surface area (Å²) in [5, 5.41) is 1.72. The summed E-state index contributed by atoms with van der Waals surface area (Å²) < 4.78 is 26.6. The number of hydrogen-bond donors (Lipinski definition) is 1. The number of nitrogens with one attached hydrogen (secondary N) is 1. The topological polar surface area (TPSA) is 46.2 Å². The summed E-state index contributed by atoms with van der Waals surface area (Å²) in [5.41, 5.74) is 0.779. The van der Waals surface area contributed by atoms with Gasteiger partial charge in [0.1, 0.15) is 4.21 Å². The first-order valence-corrected chi connectivity index (χ1v) is 6.96. The average molecular weight is 296 g/mol. The number of thiophene rings is 1. The highest BCUT2D eigenvalue weighted by Crippen LogP contribution is 2.27. The van der Waals surface area contributed by atoms with Gasteiger partial charge < -0.3 is 0 Å². The van der Waals surface area contributed by atoms with E-state index in [0.717, 1.165) is 5.57 Å². The molecule has 0 amide bonds. The van der Waals surface area contributed by atoms with Crippen LogP contribution in [0, 0.1) is 0 Å². The van der Waals surface area contributed by atoms with Crippen LogP contribution < -0.4 is 4.72 Å². The Kier molecular flexibility index (Phi) is 3.88. The molecule has 0 fully saturated rings. The van der Waals surface area contributed by atoms with Crippen LogP contribution in [-0.2, 0) is 10.0 Å². The molecular formula is C8H10BrNO2S2. The lowest BCUT2D eigenvalue weighted by molar-refractivity contribution is 0.586. The van der Waals surface area contributed by atoms with Crippen molar-refractivity contribution in [2.24, 2.45) is 0 Å². The van der Waals surface area contributed by atoms with Crippen molar-refractivity contribution in [1.82, 2.24) is 4.72 Å². The smallest absolute Gasteiger partial charge is 0.206 e. The zero-order valence-corrected chi connectivity index (χ0v) is 10.8. The van der Waals surface area contributed by atoms with Crippen LogP contribution in [0.3, 0.4) is 0 Å². The summed E-state index contributed by atoms with van der Waals surface area (Å²) in [7, 11) is -3.38. The minimum Gasteiger partial charge on any atom is -0.206 e.